The minimum Gasteiger partial charge on any atom is -0.456 e. The number of hydrogen-bond donors (Lipinski definition) is 0. The normalized spacial score (nSPS) is 16.2. The molecule has 0 radical (unpaired) electrons. The van der Waals surface area contributed by atoms with Crippen LogP contribution in [0.5, 0.6) is 0 Å². The standard InChI is InChI=1S/C56H45NO/c1-54(2,3)48-23-15-24-49-53(48)43-19-9-11-20-44(43)56(49)46-22-13-12-21-45(46)55(4,5)50-34-39(31-33-47(50)56)57(38-28-26-37(27-29-38)36-16-7-6-8-17-36)40-30-32-42-41-18-10-14-25-51(41)58-52(42)35-40/h6-35H,1-5H3. The molecule has 0 fully saturated rings. The van der Waals surface area contributed by atoms with Gasteiger partial charge in [0.1, 0.15) is 11.2 Å². The predicted octanol–water partition coefficient (Wildman–Crippen LogP) is 15.0. The number of anilines is 3. The molecule has 1 spiro atoms. The molecular weight excluding hydrogens is 703 g/mol. The van der Waals surface area contributed by atoms with Crippen LogP contribution in [0.3, 0.4) is 0 Å². The summed E-state index contributed by atoms with van der Waals surface area (Å²) in [5, 5.41) is 2.26. The van der Waals surface area contributed by atoms with Crippen LogP contribution >= 0.6 is 0 Å². The molecule has 1 unspecified atom stereocenters. The second-order valence-corrected chi connectivity index (χ2v) is 17.7. The molecule has 2 aliphatic carbocycles. The average molecular weight is 748 g/mol. The molecule has 58 heavy (non-hydrogen) atoms. The van der Waals surface area contributed by atoms with E-state index in [0.717, 1.165) is 39.0 Å². The van der Waals surface area contributed by atoms with Crippen molar-refractivity contribution >= 4 is 39.0 Å². The maximum Gasteiger partial charge on any atom is 0.137 e. The maximum atomic E-state index is 6.49. The molecule has 1 heterocycles. The van der Waals surface area contributed by atoms with E-state index in [4.69, 9.17) is 4.42 Å². The molecular formula is C56H45NO. The third kappa shape index (κ3) is 4.84. The quantitative estimate of drug-likeness (QED) is 0.178. The van der Waals surface area contributed by atoms with Crippen molar-refractivity contribution in [3.63, 3.8) is 0 Å². The Morgan fingerprint density at radius 3 is 1.81 bits per heavy atom. The number of nitrogens with zero attached hydrogens (tertiary/aromatic N) is 1. The minimum atomic E-state index is -0.470. The summed E-state index contributed by atoms with van der Waals surface area (Å²) < 4.78 is 6.49. The van der Waals surface area contributed by atoms with Gasteiger partial charge in [0.15, 0.2) is 0 Å². The topological polar surface area (TPSA) is 16.4 Å². The Morgan fingerprint density at radius 1 is 0.431 bits per heavy atom. The van der Waals surface area contributed by atoms with Crippen molar-refractivity contribution in [3.05, 3.63) is 221 Å². The highest BCUT2D eigenvalue weighted by Crippen LogP contribution is 2.63. The van der Waals surface area contributed by atoms with Gasteiger partial charge in [-0.3, -0.25) is 0 Å². The van der Waals surface area contributed by atoms with Gasteiger partial charge in [0, 0.05) is 39.3 Å². The fraction of sp³-hybridized carbons (Fsp3) is 0.143. The van der Waals surface area contributed by atoms with Crippen LogP contribution in [-0.4, -0.2) is 0 Å². The summed E-state index contributed by atoms with van der Waals surface area (Å²) in [4.78, 5) is 2.40. The number of furan rings is 1. The van der Waals surface area contributed by atoms with Crippen LogP contribution in [0.2, 0.25) is 0 Å². The van der Waals surface area contributed by atoms with Gasteiger partial charge in [0.05, 0.1) is 5.41 Å². The summed E-state index contributed by atoms with van der Waals surface area (Å²) in [7, 11) is 0. The van der Waals surface area contributed by atoms with Crippen molar-refractivity contribution in [2.24, 2.45) is 0 Å². The van der Waals surface area contributed by atoms with Gasteiger partial charge >= 0.3 is 0 Å². The van der Waals surface area contributed by atoms with Gasteiger partial charge in [-0.25, -0.2) is 0 Å². The second-order valence-electron chi connectivity index (χ2n) is 17.7. The summed E-state index contributed by atoms with van der Waals surface area (Å²) in [5.74, 6) is 0. The molecule has 0 bridgehead atoms. The molecule has 0 aliphatic heterocycles. The summed E-state index contributed by atoms with van der Waals surface area (Å²) in [6.45, 7) is 11.9. The van der Waals surface area contributed by atoms with Gasteiger partial charge in [-0.15, -0.1) is 0 Å². The first-order valence-corrected chi connectivity index (χ1v) is 20.5. The zero-order valence-corrected chi connectivity index (χ0v) is 33.7. The van der Waals surface area contributed by atoms with Crippen LogP contribution in [0.25, 0.3) is 44.2 Å². The second kappa shape index (κ2) is 12.4. The molecule has 0 N–H and O–H groups in total. The molecule has 1 aromatic heterocycles. The van der Waals surface area contributed by atoms with E-state index in [1.807, 2.05) is 6.07 Å². The lowest BCUT2D eigenvalue weighted by atomic mass is 9.55. The largest absolute Gasteiger partial charge is 0.456 e. The molecule has 0 saturated heterocycles. The predicted molar refractivity (Wildman–Crippen MR) is 242 cm³/mol. The summed E-state index contributed by atoms with van der Waals surface area (Å²) in [5.41, 5.74) is 18.9. The Balaban J connectivity index is 1.17. The van der Waals surface area contributed by atoms with E-state index in [1.54, 1.807) is 0 Å². The number of rotatable bonds is 4. The van der Waals surface area contributed by atoms with Crippen LogP contribution in [0, 0.1) is 0 Å². The van der Waals surface area contributed by atoms with E-state index in [-0.39, 0.29) is 10.8 Å². The van der Waals surface area contributed by atoms with E-state index in [2.05, 4.69) is 215 Å². The van der Waals surface area contributed by atoms with Crippen molar-refractivity contribution in [1.82, 2.24) is 0 Å². The zero-order chi connectivity index (χ0) is 39.4. The van der Waals surface area contributed by atoms with Crippen molar-refractivity contribution in [2.75, 3.05) is 4.90 Å². The number of benzene rings is 8. The summed E-state index contributed by atoms with van der Waals surface area (Å²) in [6.07, 6.45) is 0. The van der Waals surface area contributed by atoms with E-state index >= 15 is 0 Å². The van der Waals surface area contributed by atoms with Crippen LogP contribution in [0.4, 0.5) is 17.1 Å². The van der Waals surface area contributed by atoms with E-state index in [9.17, 15) is 0 Å². The Kier molecular flexibility index (Phi) is 7.41. The average Bonchev–Trinajstić information content (AvgIpc) is 3.77. The first-order valence-electron chi connectivity index (χ1n) is 20.5. The first-order chi connectivity index (χ1) is 28.2. The lowest BCUT2D eigenvalue weighted by molar-refractivity contribution is 0.561. The van der Waals surface area contributed by atoms with Gasteiger partial charge in [-0.05, 0) is 109 Å². The highest BCUT2D eigenvalue weighted by Gasteiger charge is 2.54. The van der Waals surface area contributed by atoms with Crippen LogP contribution in [0.15, 0.2) is 186 Å². The molecule has 9 aromatic rings. The van der Waals surface area contributed by atoms with Gasteiger partial charge in [0.25, 0.3) is 0 Å². The van der Waals surface area contributed by atoms with Crippen LogP contribution in [-0.2, 0) is 16.2 Å². The number of fused-ring (bicyclic) bond motifs is 12. The Labute approximate surface area is 341 Å². The molecule has 1 atom stereocenters. The van der Waals surface area contributed by atoms with Crippen molar-refractivity contribution in [1.29, 1.82) is 0 Å². The molecule has 0 amide bonds. The maximum absolute atomic E-state index is 6.49. The SMILES string of the molecule is CC(C)(C)c1cccc2c1-c1ccccc1C21c2ccccc2C(C)(C)c2cc(N(c3ccc(-c4ccccc4)cc3)c3ccc4c(c3)oc3ccccc34)ccc21. The third-order valence-electron chi connectivity index (χ3n) is 13.1. The summed E-state index contributed by atoms with van der Waals surface area (Å²) in [6, 6.07) is 67.3. The zero-order valence-electron chi connectivity index (χ0n) is 33.7. The molecule has 8 aromatic carbocycles. The van der Waals surface area contributed by atoms with E-state index in [1.165, 1.54) is 61.2 Å². The molecule has 2 aliphatic rings. The fourth-order valence-electron chi connectivity index (χ4n) is 10.4. The minimum absolute atomic E-state index is 0.0262. The molecule has 2 heteroatoms. The molecule has 2 nitrogen and oxygen atoms in total. The number of hydrogen-bond acceptors (Lipinski definition) is 2. The van der Waals surface area contributed by atoms with Gasteiger partial charge in [-0.1, -0.05) is 168 Å². The Hall–Kier alpha value is -6.64. The first kappa shape index (κ1) is 34.6. The van der Waals surface area contributed by atoms with Gasteiger partial charge in [0.2, 0.25) is 0 Å². The van der Waals surface area contributed by atoms with Crippen LogP contribution < -0.4 is 4.90 Å². The fourth-order valence-corrected chi connectivity index (χ4v) is 10.4. The third-order valence-corrected chi connectivity index (χ3v) is 13.1. The lowest BCUT2D eigenvalue weighted by Crippen LogP contribution is -2.40. The molecule has 0 saturated carbocycles. The van der Waals surface area contributed by atoms with Crippen molar-refractivity contribution < 1.29 is 4.42 Å². The van der Waals surface area contributed by atoms with Crippen molar-refractivity contribution in [2.45, 2.75) is 50.9 Å². The van der Waals surface area contributed by atoms with E-state index in [0.29, 0.717) is 0 Å². The highest BCUT2D eigenvalue weighted by atomic mass is 16.3. The number of para-hydroxylation sites is 1. The summed E-state index contributed by atoms with van der Waals surface area (Å²) >= 11 is 0. The highest BCUT2D eigenvalue weighted by molar-refractivity contribution is 6.06. The Morgan fingerprint density at radius 2 is 1.02 bits per heavy atom. The monoisotopic (exact) mass is 747 g/mol. The van der Waals surface area contributed by atoms with E-state index < -0.39 is 5.41 Å². The molecule has 11 rings (SSSR count). The van der Waals surface area contributed by atoms with Crippen molar-refractivity contribution in [3.8, 4) is 22.3 Å². The van der Waals surface area contributed by atoms with Gasteiger partial charge < -0.3 is 9.32 Å². The lowest BCUT2D eigenvalue weighted by Gasteiger charge is -2.47. The Bertz CT molecular complexity index is 3070. The smallest absolute Gasteiger partial charge is 0.137 e. The van der Waals surface area contributed by atoms with Crippen LogP contribution in [0.1, 0.15) is 73.6 Å². The van der Waals surface area contributed by atoms with Gasteiger partial charge in [-0.2, -0.15) is 0 Å². The molecule has 280 valence electrons.